The second-order valence-electron chi connectivity index (χ2n) is 5.60. The van der Waals surface area contributed by atoms with Gasteiger partial charge in [0.1, 0.15) is 5.69 Å². The summed E-state index contributed by atoms with van der Waals surface area (Å²) in [6, 6.07) is 3.65. The molecule has 1 aromatic heterocycles. The van der Waals surface area contributed by atoms with Crippen LogP contribution in [0.5, 0.6) is 0 Å². The summed E-state index contributed by atoms with van der Waals surface area (Å²) >= 11 is 0. The Kier molecular flexibility index (Phi) is 7.01. The summed E-state index contributed by atoms with van der Waals surface area (Å²) in [5, 5.41) is 6.14. The van der Waals surface area contributed by atoms with Gasteiger partial charge in [0.05, 0.1) is 11.9 Å². The Morgan fingerprint density at radius 1 is 1.30 bits per heavy atom. The van der Waals surface area contributed by atoms with Crippen molar-refractivity contribution in [2.45, 2.75) is 20.3 Å². The number of pyridine rings is 1. The van der Waals surface area contributed by atoms with Gasteiger partial charge in [0.15, 0.2) is 0 Å². The van der Waals surface area contributed by atoms with Gasteiger partial charge in [-0.05, 0) is 38.6 Å². The van der Waals surface area contributed by atoms with E-state index in [0.717, 1.165) is 25.2 Å². The first-order valence-electron chi connectivity index (χ1n) is 7.12. The summed E-state index contributed by atoms with van der Waals surface area (Å²) in [5.74, 6) is 0.554. The number of nitrogens with zero attached hydrogens (tertiary/aromatic N) is 2. The molecule has 1 amide bonds. The summed E-state index contributed by atoms with van der Waals surface area (Å²) in [5.41, 5.74) is 1.41. The van der Waals surface area contributed by atoms with E-state index < -0.39 is 0 Å². The van der Waals surface area contributed by atoms with Crippen LogP contribution in [0.15, 0.2) is 18.3 Å². The lowest BCUT2D eigenvalue weighted by atomic mass is 10.1. The number of rotatable bonds is 8. The van der Waals surface area contributed by atoms with Gasteiger partial charge in [-0.1, -0.05) is 13.8 Å². The maximum Gasteiger partial charge on any atom is 0.269 e. The van der Waals surface area contributed by atoms with Crippen LogP contribution in [0.3, 0.4) is 0 Å². The van der Waals surface area contributed by atoms with Crippen molar-refractivity contribution < 1.29 is 4.79 Å². The van der Waals surface area contributed by atoms with Crippen LogP contribution in [-0.2, 0) is 0 Å². The molecule has 0 saturated carbocycles. The zero-order valence-corrected chi connectivity index (χ0v) is 12.9. The Bertz CT molecular complexity index is 401. The van der Waals surface area contributed by atoms with Crippen LogP contribution in [0.2, 0.25) is 0 Å². The van der Waals surface area contributed by atoms with Crippen LogP contribution in [0.1, 0.15) is 30.8 Å². The van der Waals surface area contributed by atoms with Crippen LogP contribution in [0.4, 0.5) is 5.69 Å². The molecule has 20 heavy (non-hydrogen) atoms. The number of hydrogen-bond donors (Lipinski definition) is 2. The van der Waals surface area contributed by atoms with Gasteiger partial charge in [0.2, 0.25) is 0 Å². The third-order valence-corrected chi connectivity index (χ3v) is 2.89. The second-order valence-corrected chi connectivity index (χ2v) is 5.60. The zero-order chi connectivity index (χ0) is 15.0. The molecule has 0 fully saturated rings. The minimum Gasteiger partial charge on any atom is -0.384 e. The number of hydrogen-bond acceptors (Lipinski definition) is 4. The van der Waals surface area contributed by atoms with Gasteiger partial charge in [-0.25, -0.2) is 4.98 Å². The smallest absolute Gasteiger partial charge is 0.269 e. The standard InChI is InChI=1S/C15H26N4O/c1-12(2)7-8-16-13-5-6-14(18-11-13)15(20)17-9-10-19(3)4/h5-6,11-12,16H,7-10H2,1-4H3,(H,17,20). The third kappa shape index (κ3) is 6.52. The summed E-state index contributed by atoms with van der Waals surface area (Å²) in [4.78, 5) is 18.0. The fourth-order valence-electron chi connectivity index (χ4n) is 1.62. The van der Waals surface area contributed by atoms with Gasteiger partial charge in [-0.2, -0.15) is 0 Å². The first kappa shape index (κ1) is 16.4. The quantitative estimate of drug-likeness (QED) is 0.762. The number of carbonyl (C=O) groups excluding carboxylic acids is 1. The highest BCUT2D eigenvalue weighted by atomic mass is 16.1. The lowest BCUT2D eigenvalue weighted by Gasteiger charge is -2.11. The van der Waals surface area contributed by atoms with E-state index in [1.807, 2.05) is 25.1 Å². The molecule has 0 aromatic carbocycles. The summed E-state index contributed by atoms with van der Waals surface area (Å²) in [6.45, 7) is 6.76. The molecule has 0 aliphatic rings. The number of aromatic nitrogens is 1. The summed E-state index contributed by atoms with van der Waals surface area (Å²) in [6.07, 6.45) is 2.83. The molecular formula is C15H26N4O. The topological polar surface area (TPSA) is 57.3 Å². The van der Waals surface area contributed by atoms with Crippen molar-refractivity contribution in [2.24, 2.45) is 5.92 Å². The number of anilines is 1. The van der Waals surface area contributed by atoms with E-state index in [1.165, 1.54) is 0 Å². The van der Waals surface area contributed by atoms with E-state index in [-0.39, 0.29) is 5.91 Å². The van der Waals surface area contributed by atoms with Gasteiger partial charge < -0.3 is 15.5 Å². The molecule has 0 aliphatic carbocycles. The molecule has 0 spiro atoms. The van der Waals surface area contributed by atoms with Crippen molar-refractivity contribution in [3.05, 3.63) is 24.0 Å². The summed E-state index contributed by atoms with van der Waals surface area (Å²) in [7, 11) is 3.95. The minimum absolute atomic E-state index is 0.124. The first-order chi connectivity index (χ1) is 9.49. The van der Waals surface area contributed by atoms with Crippen molar-refractivity contribution >= 4 is 11.6 Å². The fourth-order valence-corrected chi connectivity index (χ4v) is 1.62. The third-order valence-electron chi connectivity index (χ3n) is 2.89. The fraction of sp³-hybridized carbons (Fsp3) is 0.600. The highest BCUT2D eigenvalue weighted by molar-refractivity contribution is 5.92. The van der Waals surface area contributed by atoms with Gasteiger partial charge in [0, 0.05) is 19.6 Å². The van der Waals surface area contributed by atoms with E-state index in [4.69, 9.17) is 0 Å². The summed E-state index contributed by atoms with van der Waals surface area (Å²) < 4.78 is 0. The minimum atomic E-state index is -0.124. The number of likely N-dealkylation sites (N-methyl/N-ethyl adjacent to an activating group) is 1. The largest absolute Gasteiger partial charge is 0.384 e. The molecule has 112 valence electrons. The van der Waals surface area contributed by atoms with E-state index in [2.05, 4.69) is 29.5 Å². The van der Waals surface area contributed by atoms with Crippen LogP contribution < -0.4 is 10.6 Å². The Labute approximate surface area is 121 Å². The van der Waals surface area contributed by atoms with Crippen molar-refractivity contribution in [3.8, 4) is 0 Å². The SMILES string of the molecule is CC(C)CCNc1ccc(C(=O)NCCN(C)C)nc1. The first-order valence-corrected chi connectivity index (χ1v) is 7.12. The molecule has 1 heterocycles. The normalized spacial score (nSPS) is 10.9. The predicted molar refractivity (Wildman–Crippen MR) is 83.1 cm³/mol. The number of amides is 1. The molecule has 0 bridgehead atoms. The average molecular weight is 278 g/mol. The van der Waals surface area contributed by atoms with E-state index in [9.17, 15) is 4.79 Å². The molecule has 0 unspecified atom stereocenters. The van der Waals surface area contributed by atoms with Gasteiger partial charge in [-0.3, -0.25) is 4.79 Å². The Balaban J connectivity index is 2.39. The molecule has 0 atom stereocenters. The molecule has 0 radical (unpaired) electrons. The van der Waals surface area contributed by atoms with Gasteiger partial charge >= 0.3 is 0 Å². The lowest BCUT2D eigenvalue weighted by Crippen LogP contribution is -2.31. The molecule has 1 aromatic rings. The van der Waals surface area contributed by atoms with E-state index in [0.29, 0.717) is 18.2 Å². The van der Waals surface area contributed by atoms with E-state index in [1.54, 1.807) is 12.3 Å². The Morgan fingerprint density at radius 2 is 2.05 bits per heavy atom. The molecule has 0 aliphatic heterocycles. The lowest BCUT2D eigenvalue weighted by molar-refractivity contribution is 0.0946. The number of nitrogens with one attached hydrogen (secondary N) is 2. The highest BCUT2D eigenvalue weighted by Crippen LogP contribution is 2.07. The van der Waals surface area contributed by atoms with Crippen molar-refractivity contribution in [3.63, 3.8) is 0 Å². The van der Waals surface area contributed by atoms with Crippen LogP contribution in [0, 0.1) is 5.92 Å². The van der Waals surface area contributed by atoms with Crippen molar-refractivity contribution in [1.29, 1.82) is 0 Å². The molecular weight excluding hydrogens is 252 g/mol. The average Bonchev–Trinajstić information content (AvgIpc) is 2.38. The number of carbonyl (C=O) groups is 1. The van der Waals surface area contributed by atoms with Crippen LogP contribution in [0.25, 0.3) is 0 Å². The van der Waals surface area contributed by atoms with Crippen LogP contribution >= 0.6 is 0 Å². The van der Waals surface area contributed by atoms with Crippen molar-refractivity contribution in [2.75, 3.05) is 39.0 Å². The Morgan fingerprint density at radius 3 is 2.60 bits per heavy atom. The van der Waals surface area contributed by atoms with E-state index >= 15 is 0 Å². The Hall–Kier alpha value is -1.62. The second kappa shape index (κ2) is 8.53. The van der Waals surface area contributed by atoms with Gasteiger partial charge in [-0.15, -0.1) is 0 Å². The molecule has 0 saturated heterocycles. The molecule has 5 heteroatoms. The predicted octanol–water partition coefficient (Wildman–Crippen LogP) is 1.83. The maximum absolute atomic E-state index is 11.8. The molecule has 5 nitrogen and oxygen atoms in total. The molecule has 1 rings (SSSR count). The monoisotopic (exact) mass is 278 g/mol. The maximum atomic E-state index is 11.8. The zero-order valence-electron chi connectivity index (χ0n) is 12.9. The highest BCUT2D eigenvalue weighted by Gasteiger charge is 2.06. The molecule has 2 N–H and O–H groups in total. The van der Waals surface area contributed by atoms with Crippen LogP contribution in [-0.4, -0.2) is 49.5 Å². The van der Waals surface area contributed by atoms with Crippen molar-refractivity contribution in [1.82, 2.24) is 15.2 Å². The van der Waals surface area contributed by atoms with Gasteiger partial charge in [0.25, 0.3) is 5.91 Å².